The van der Waals surface area contributed by atoms with Gasteiger partial charge in [0, 0.05) is 36.4 Å². The van der Waals surface area contributed by atoms with Gasteiger partial charge in [-0.25, -0.2) is 9.78 Å². The van der Waals surface area contributed by atoms with Gasteiger partial charge in [0.2, 0.25) is 5.95 Å². The average molecular weight is 508 g/mol. The number of methoxy groups -OCH3 is 2. The van der Waals surface area contributed by atoms with Gasteiger partial charge >= 0.3 is 5.97 Å². The number of rotatable bonds is 7. The molecule has 2 aromatic rings. The molecule has 0 aliphatic carbocycles. The van der Waals surface area contributed by atoms with Gasteiger partial charge in [0.05, 0.1) is 26.5 Å². The van der Waals surface area contributed by atoms with Crippen molar-refractivity contribution in [3.8, 4) is 5.75 Å². The zero-order valence-corrected chi connectivity index (χ0v) is 22.9. The molecule has 1 unspecified atom stereocenters. The Labute approximate surface area is 207 Å². The van der Waals surface area contributed by atoms with E-state index in [-0.39, 0.29) is 22.5 Å². The number of nitrogen functional groups attached to an aromatic ring is 1. The number of nitrogens with two attached hydrogens (primary N) is 1. The fourth-order valence-electron chi connectivity index (χ4n) is 3.77. The van der Waals surface area contributed by atoms with Crippen LogP contribution in [0.4, 0.5) is 11.8 Å². The summed E-state index contributed by atoms with van der Waals surface area (Å²) >= 11 is 6.54. The van der Waals surface area contributed by atoms with Gasteiger partial charge in [-0.2, -0.15) is 4.98 Å². The Balaban J connectivity index is 1.93. The highest BCUT2D eigenvalue weighted by atomic mass is 35.5. The van der Waals surface area contributed by atoms with Crippen LogP contribution in [0.5, 0.6) is 5.75 Å². The highest BCUT2D eigenvalue weighted by Crippen LogP contribution is 2.43. The zero-order chi connectivity index (χ0) is 25.4. The first-order valence-electron chi connectivity index (χ1n) is 11.1. The molecule has 0 saturated heterocycles. The number of nitrogens with zero attached hydrogens (tertiary/aromatic N) is 4. The molecule has 2 aromatic heterocycles. The van der Waals surface area contributed by atoms with Crippen molar-refractivity contribution in [1.82, 2.24) is 15.0 Å². The SMILES string of the molecule is COC(=O)c1cnc(CN2CC(CO[Si](C)(C)C(C)(C)C)c3c(Cl)nc(N)nc32)c(C)c1OC. The van der Waals surface area contributed by atoms with Crippen LogP contribution in [0, 0.1) is 6.92 Å². The molecule has 34 heavy (non-hydrogen) atoms. The second kappa shape index (κ2) is 9.67. The molecular formula is C23H34ClN5O4Si. The van der Waals surface area contributed by atoms with Crippen LogP contribution in [0.1, 0.15) is 53.9 Å². The summed E-state index contributed by atoms with van der Waals surface area (Å²) in [5.41, 5.74) is 8.55. The van der Waals surface area contributed by atoms with Crippen molar-refractivity contribution in [2.45, 2.75) is 58.3 Å². The van der Waals surface area contributed by atoms with Crippen LogP contribution >= 0.6 is 11.6 Å². The maximum absolute atomic E-state index is 12.1. The Morgan fingerprint density at radius 1 is 1.29 bits per heavy atom. The molecule has 9 nitrogen and oxygen atoms in total. The molecule has 1 aliphatic rings. The van der Waals surface area contributed by atoms with E-state index in [1.54, 1.807) is 0 Å². The smallest absolute Gasteiger partial charge is 0.343 e. The number of aromatic nitrogens is 3. The van der Waals surface area contributed by atoms with Gasteiger partial charge in [-0.05, 0) is 25.1 Å². The van der Waals surface area contributed by atoms with E-state index in [0.29, 0.717) is 36.4 Å². The van der Waals surface area contributed by atoms with E-state index >= 15 is 0 Å². The maximum Gasteiger partial charge on any atom is 0.343 e. The van der Waals surface area contributed by atoms with Crippen LogP contribution in [-0.4, -0.2) is 56.6 Å². The van der Waals surface area contributed by atoms with Crippen molar-refractivity contribution in [2.24, 2.45) is 0 Å². The highest BCUT2D eigenvalue weighted by Gasteiger charge is 2.40. The fraction of sp³-hybridized carbons (Fsp3) is 0.565. The first-order chi connectivity index (χ1) is 15.8. The summed E-state index contributed by atoms with van der Waals surface area (Å²) < 4.78 is 16.9. The third-order valence-corrected chi connectivity index (χ3v) is 11.6. The number of esters is 1. The van der Waals surface area contributed by atoms with Crippen LogP contribution in [-0.2, 0) is 15.7 Å². The molecule has 3 rings (SSSR count). The Kier molecular flexibility index (Phi) is 7.45. The summed E-state index contributed by atoms with van der Waals surface area (Å²) in [6.07, 6.45) is 1.48. The van der Waals surface area contributed by atoms with Crippen LogP contribution in [0.15, 0.2) is 6.20 Å². The molecule has 1 atom stereocenters. The summed E-state index contributed by atoms with van der Waals surface area (Å²) in [6, 6.07) is 0. The molecule has 0 aromatic carbocycles. The monoisotopic (exact) mass is 507 g/mol. The molecule has 0 bridgehead atoms. The van der Waals surface area contributed by atoms with E-state index in [0.717, 1.165) is 16.8 Å². The number of carbonyl (C=O) groups is 1. The van der Waals surface area contributed by atoms with Crippen molar-refractivity contribution >= 4 is 37.7 Å². The molecule has 0 saturated carbocycles. The number of hydrogen-bond acceptors (Lipinski definition) is 9. The first-order valence-corrected chi connectivity index (χ1v) is 14.4. The minimum absolute atomic E-state index is 0.00577. The molecule has 0 fully saturated rings. The lowest BCUT2D eigenvalue weighted by Crippen LogP contribution is -2.42. The summed E-state index contributed by atoms with van der Waals surface area (Å²) in [6.45, 7) is 14.5. The molecule has 2 N–H and O–H groups in total. The first kappa shape index (κ1) is 26.2. The third kappa shape index (κ3) is 4.99. The summed E-state index contributed by atoms with van der Waals surface area (Å²) in [7, 11) is 0.885. The summed E-state index contributed by atoms with van der Waals surface area (Å²) in [4.78, 5) is 27.4. The van der Waals surface area contributed by atoms with Gasteiger partial charge in [-0.3, -0.25) is 4.98 Å². The van der Waals surface area contributed by atoms with E-state index < -0.39 is 14.3 Å². The van der Waals surface area contributed by atoms with Crippen molar-refractivity contribution < 1.29 is 18.7 Å². The molecule has 0 amide bonds. The quantitative estimate of drug-likeness (QED) is 0.332. The van der Waals surface area contributed by atoms with E-state index in [4.69, 9.17) is 31.2 Å². The fourth-order valence-corrected chi connectivity index (χ4v) is 5.15. The summed E-state index contributed by atoms with van der Waals surface area (Å²) in [5, 5.41) is 0.436. The van der Waals surface area contributed by atoms with Crippen molar-refractivity contribution in [1.29, 1.82) is 0 Å². The lowest BCUT2D eigenvalue weighted by Gasteiger charge is -2.37. The predicted molar refractivity (Wildman–Crippen MR) is 135 cm³/mol. The van der Waals surface area contributed by atoms with Crippen LogP contribution in [0.3, 0.4) is 0 Å². The minimum atomic E-state index is -1.96. The van der Waals surface area contributed by atoms with E-state index in [1.165, 1.54) is 20.4 Å². The van der Waals surface area contributed by atoms with Crippen molar-refractivity contribution in [3.63, 3.8) is 0 Å². The van der Waals surface area contributed by atoms with Gasteiger partial charge in [-0.1, -0.05) is 32.4 Å². The zero-order valence-electron chi connectivity index (χ0n) is 21.2. The van der Waals surface area contributed by atoms with Gasteiger partial charge < -0.3 is 24.5 Å². The maximum atomic E-state index is 12.1. The highest BCUT2D eigenvalue weighted by molar-refractivity contribution is 6.74. The number of fused-ring (bicyclic) bond motifs is 1. The van der Waals surface area contributed by atoms with E-state index in [2.05, 4.69) is 53.7 Å². The van der Waals surface area contributed by atoms with Crippen LogP contribution in [0.25, 0.3) is 0 Å². The summed E-state index contributed by atoms with van der Waals surface area (Å²) in [5.74, 6) is 0.727. The second-order valence-corrected chi connectivity index (χ2v) is 15.2. The molecule has 186 valence electrons. The lowest BCUT2D eigenvalue weighted by molar-refractivity contribution is 0.0596. The molecule has 0 radical (unpaired) electrons. The number of halogens is 1. The van der Waals surface area contributed by atoms with E-state index in [1.807, 2.05) is 6.92 Å². The van der Waals surface area contributed by atoms with Gasteiger partial charge in [0.25, 0.3) is 0 Å². The Hall–Kier alpha value is -2.43. The van der Waals surface area contributed by atoms with Crippen molar-refractivity contribution in [3.05, 3.63) is 33.7 Å². The van der Waals surface area contributed by atoms with Crippen molar-refractivity contribution in [2.75, 3.05) is 38.0 Å². The topological polar surface area (TPSA) is 113 Å². The van der Waals surface area contributed by atoms with Crippen LogP contribution in [0.2, 0.25) is 23.3 Å². The normalized spacial score (nSPS) is 15.9. The molecule has 3 heterocycles. The Morgan fingerprint density at radius 2 is 1.97 bits per heavy atom. The number of pyridine rings is 1. The largest absolute Gasteiger partial charge is 0.495 e. The predicted octanol–water partition coefficient (Wildman–Crippen LogP) is 4.34. The second-order valence-electron chi connectivity index (χ2n) is 10.0. The van der Waals surface area contributed by atoms with Gasteiger partial charge in [0.1, 0.15) is 22.3 Å². The van der Waals surface area contributed by atoms with E-state index in [9.17, 15) is 4.79 Å². The average Bonchev–Trinajstić information content (AvgIpc) is 3.09. The molecule has 0 spiro atoms. The van der Waals surface area contributed by atoms with Gasteiger partial charge in [-0.15, -0.1) is 0 Å². The molecular weight excluding hydrogens is 474 g/mol. The minimum Gasteiger partial charge on any atom is -0.495 e. The molecule has 1 aliphatic heterocycles. The number of carbonyl (C=O) groups excluding carboxylic acids is 1. The lowest BCUT2D eigenvalue weighted by atomic mass is 10.1. The standard InChI is InChI=1S/C23H34ClN5O4Si/c1-13-16(26-9-15(18(13)31-5)21(30)32-6)11-29-10-14(12-33-34(7,8)23(2,3)4)17-19(24)27-22(25)28-20(17)29/h9,14H,10-12H2,1-8H3,(H2,25,27,28). The van der Waals surface area contributed by atoms with Crippen LogP contribution < -0.4 is 15.4 Å². The number of anilines is 2. The third-order valence-electron chi connectivity index (χ3n) is 6.81. The van der Waals surface area contributed by atoms with Gasteiger partial charge in [0.15, 0.2) is 8.32 Å². The Morgan fingerprint density at radius 3 is 2.56 bits per heavy atom. The number of hydrogen-bond donors (Lipinski definition) is 1. The Bertz CT molecular complexity index is 1090. The number of ether oxygens (including phenoxy) is 2. The molecule has 11 heteroatoms.